The Kier molecular flexibility index (Phi) is 7.14. The van der Waals surface area contributed by atoms with E-state index in [1.165, 1.54) is 25.3 Å². The van der Waals surface area contributed by atoms with Crippen molar-refractivity contribution in [1.29, 1.82) is 0 Å². The highest BCUT2D eigenvalue weighted by Crippen LogP contribution is 2.34. The van der Waals surface area contributed by atoms with Gasteiger partial charge in [-0.15, -0.1) is 0 Å². The molecule has 0 aliphatic carbocycles. The number of nitrogens with two attached hydrogens (primary N) is 1. The minimum Gasteiger partial charge on any atom is -0.508 e. The van der Waals surface area contributed by atoms with E-state index >= 15 is 0 Å². The number of methoxy groups -OCH3 is 1. The van der Waals surface area contributed by atoms with Crippen molar-refractivity contribution in [2.75, 3.05) is 26.1 Å². The number of anilines is 1. The molecular formula is C25H29N3O6. The van der Waals surface area contributed by atoms with E-state index in [2.05, 4.69) is 10.3 Å². The molecule has 9 heteroatoms. The zero-order valence-corrected chi connectivity index (χ0v) is 19.9. The quantitative estimate of drug-likeness (QED) is 0.428. The number of phenolic OH excluding ortho intramolecular Hbond substituents is 1. The molecule has 4 N–H and O–H groups in total. The van der Waals surface area contributed by atoms with Gasteiger partial charge in [0.15, 0.2) is 0 Å². The number of aryl methyl sites for hydroxylation is 1. The number of aromatic nitrogens is 1. The molecule has 1 heterocycles. The number of carbonyl (C=O) groups excluding carboxylic acids is 2. The van der Waals surface area contributed by atoms with E-state index in [-0.39, 0.29) is 35.8 Å². The van der Waals surface area contributed by atoms with Gasteiger partial charge in [0.25, 0.3) is 5.91 Å². The molecule has 0 aliphatic heterocycles. The first kappa shape index (κ1) is 24.6. The number of phenols is 1. The van der Waals surface area contributed by atoms with Gasteiger partial charge in [0.2, 0.25) is 0 Å². The van der Waals surface area contributed by atoms with Crippen LogP contribution in [0.4, 0.5) is 5.69 Å². The number of benzene rings is 2. The van der Waals surface area contributed by atoms with Crippen molar-refractivity contribution in [2.24, 2.45) is 0 Å². The summed E-state index contributed by atoms with van der Waals surface area (Å²) in [5.74, 6) is -0.233. The second-order valence-corrected chi connectivity index (χ2v) is 8.40. The zero-order valence-electron chi connectivity index (χ0n) is 19.9. The fourth-order valence-corrected chi connectivity index (χ4v) is 3.53. The van der Waals surface area contributed by atoms with Crippen molar-refractivity contribution >= 4 is 28.5 Å². The number of nitrogens with one attached hydrogen (secondary N) is 1. The fraction of sp³-hybridized carbons (Fsp3) is 0.320. The van der Waals surface area contributed by atoms with Crippen LogP contribution in [0.3, 0.4) is 0 Å². The lowest BCUT2D eigenvalue weighted by atomic mass is 10.0. The van der Waals surface area contributed by atoms with Gasteiger partial charge in [-0.2, -0.15) is 0 Å². The highest BCUT2D eigenvalue weighted by Gasteiger charge is 2.25. The maximum atomic E-state index is 12.8. The number of aromatic hydroxyl groups is 1. The smallest absolute Gasteiger partial charge is 0.342 e. The molecule has 2 aromatic carbocycles. The predicted octanol–water partition coefficient (Wildman–Crippen LogP) is 3.60. The Bertz CT molecular complexity index is 1240. The van der Waals surface area contributed by atoms with Crippen LogP contribution >= 0.6 is 0 Å². The molecule has 34 heavy (non-hydrogen) atoms. The average molecular weight is 468 g/mol. The Morgan fingerprint density at radius 1 is 1.21 bits per heavy atom. The van der Waals surface area contributed by atoms with Crippen LogP contribution in [-0.4, -0.2) is 47.8 Å². The summed E-state index contributed by atoms with van der Waals surface area (Å²) < 4.78 is 16.3. The van der Waals surface area contributed by atoms with Crippen molar-refractivity contribution < 1.29 is 28.9 Å². The van der Waals surface area contributed by atoms with Gasteiger partial charge in [-0.3, -0.25) is 9.78 Å². The van der Waals surface area contributed by atoms with Gasteiger partial charge in [-0.1, -0.05) is 6.07 Å². The van der Waals surface area contributed by atoms with Crippen molar-refractivity contribution in [3.8, 4) is 17.2 Å². The van der Waals surface area contributed by atoms with Crippen LogP contribution in [0, 0.1) is 6.92 Å². The van der Waals surface area contributed by atoms with Gasteiger partial charge in [0.05, 0.1) is 41.5 Å². The topological polar surface area (TPSA) is 133 Å². The van der Waals surface area contributed by atoms with Crippen molar-refractivity contribution in [1.82, 2.24) is 10.3 Å². The molecule has 3 rings (SSSR count). The Balaban J connectivity index is 1.85. The minimum absolute atomic E-state index is 0.0787. The molecule has 0 saturated heterocycles. The van der Waals surface area contributed by atoms with E-state index < -0.39 is 17.4 Å². The predicted molar refractivity (Wildman–Crippen MR) is 129 cm³/mol. The molecule has 0 radical (unpaired) electrons. The van der Waals surface area contributed by atoms with E-state index in [9.17, 15) is 14.7 Å². The van der Waals surface area contributed by atoms with Gasteiger partial charge < -0.3 is 30.4 Å². The first-order valence-electron chi connectivity index (χ1n) is 10.8. The van der Waals surface area contributed by atoms with Crippen molar-refractivity contribution in [3.63, 3.8) is 0 Å². The number of esters is 1. The van der Waals surface area contributed by atoms with Crippen molar-refractivity contribution in [2.45, 2.75) is 33.2 Å². The largest absolute Gasteiger partial charge is 0.508 e. The minimum atomic E-state index is -0.797. The lowest BCUT2D eigenvalue weighted by Gasteiger charge is -2.27. The molecule has 0 atom stereocenters. The van der Waals surface area contributed by atoms with Crippen molar-refractivity contribution in [3.05, 3.63) is 53.2 Å². The first-order chi connectivity index (χ1) is 16.1. The Hall–Kier alpha value is -4.01. The third-order valence-corrected chi connectivity index (χ3v) is 5.10. The summed E-state index contributed by atoms with van der Waals surface area (Å²) in [6.07, 6.45) is 0. The zero-order chi connectivity index (χ0) is 25.0. The second-order valence-electron chi connectivity index (χ2n) is 8.40. The second kappa shape index (κ2) is 9.86. The third-order valence-electron chi connectivity index (χ3n) is 5.10. The fourth-order valence-electron chi connectivity index (χ4n) is 3.53. The summed E-state index contributed by atoms with van der Waals surface area (Å²) >= 11 is 0. The van der Waals surface area contributed by atoms with E-state index in [0.717, 1.165) is 0 Å². The van der Waals surface area contributed by atoms with E-state index in [1.807, 2.05) is 0 Å². The summed E-state index contributed by atoms with van der Waals surface area (Å²) in [5.41, 5.74) is 7.29. The molecule has 1 aromatic heterocycles. The van der Waals surface area contributed by atoms with E-state index in [4.69, 9.17) is 19.9 Å². The SMILES string of the molecule is CCOC(=O)c1c(C)nc2cccc(OCC(C)(C)NC(=O)c3cc(O)cc(OC)c3)c2c1N. The Morgan fingerprint density at radius 2 is 1.94 bits per heavy atom. The summed E-state index contributed by atoms with van der Waals surface area (Å²) in [6.45, 7) is 7.32. The Labute approximate surface area is 197 Å². The van der Waals surface area contributed by atoms with E-state index in [1.54, 1.807) is 45.9 Å². The highest BCUT2D eigenvalue weighted by molar-refractivity contribution is 6.07. The number of rotatable bonds is 8. The van der Waals surface area contributed by atoms with Crippen LogP contribution in [0.2, 0.25) is 0 Å². The molecule has 0 aliphatic rings. The number of amides is 1. The molecule has 0 saturated carbocycles. The number of ether oxygens (including phenoxy) is 3. The maximum Gasteiger partial charge on any atom is 0.342 e. The summed E-state index contributed by atoms with van der Waals surface area (Å²) in [7, 11) is 1.45. The maximum absolute atomic E-state index is 12.8. The van der Waals surface area contributed by atoms with Gasteiger partial charge in [0.1, 0.15) is 29.4 Å². The number of nitrogen functional groups attached to an aromatic ring is 1. The molecule has 0 bridgehead atoms. The molecule has 0 fully saturated rings. The van der Waals surface area contributed by atoms with Gasteiger partial charge >= 0.3 is 5.97 Å². The van der Waals surface area contributed by atoms with Crippen LogP contribution in [0.15, 0.2) is 36.4 Å². The summed E-state index contributed by atoms with van der Waals surface area (Å²) in [5, 5.41) is 13.2. The molecule has 0 spiro atoms. The standard InChI is InChI=1S/C25H29N3O6/c1-6-33-24(31)20-14(2)27-18-8-7-9-19(21(18)22(20)26)34-13-25(3,4)28-23(30)15-10-16(29)12-17(11-15)32-5/h7-12,29H,6,13H2,1-5H3,(H2,26,27)(H,28,30). The molecule has 3 aromatic rings. The number of nitrogens with zero attached hydrogens (tertiary/aromatic N) is 1. The first-order valence-corrected chi connectivity index (χ1v) is 10.8. The third kappa shape index (κ3) is 5.31. The average Bonchev–Trinajstić information content (AvgIpc) is 2.76. The van der Waals surface area contributed by atoms with Crippen LogP contribution < -0.4 is 20.5 Å². The number of hydrogen-bond donors (Lipinski definition) is 3. The molecule has 9 nitrogen and oxygen atoms in total. The number of hydrogen-bond acceptors (Lipinski definition) is 8. The molecule has 180 valence electrons. The summed E-state index contributed by atoms with van der Waals surface area (Å²) in [4.78, 5) is 29.7. The van der Waals surface area contributed by atoms with Gasteiger partial charge in [-0.05, 0) is 52.0 Å². The lowest BCUT2D eigenvalue weighted by Crippen LogP contribution is -2.47. The number of pyridine rings is 1. The molecular weight excluding hydrogens is 438 g/mol. The van der Waals surface area contributed by atoms with Crippen LogP contribution in [0.1, 0.15) is 47.2 Å². The monoisotopic (exact) mass is 467 g/mol. The van der Waals surface area contributed by atoms with Crippen LogP contribution in [0.5, 0.6) is 17.2 Å². The highest BCUT2D eigenvalue weighted by atomic mass is 16.5. The molecule has 1 amide bonds. The normalized spacial score (nSPS) is 11.2. The Morgan fingerprint density at radius 3 is 2.62 bits per heavy atom. The summed E-state index contributed by atoms with van der Waals surface area (Å²) in [6, 6.07) is 9.58. The molecule has 0 unspecified atom stereocenters. The number of carbonyl (C=O) groups is 2. The van der Waals surface area contributed by atoms with Gasteiger partial charge in [-0.25, -0.2) is 4.79 Å². The van der Waals surface area contributed by atoms with Crippen LogP contribution in [0.25, 0.3) is 10.9 Å². The van der Waals surface area contributed by atoms with E-state index in [0.29, 0.717) is 28.1 Å². The van der Waals surface area contributed by atoms with Gasteiger partial charge in [0, 0.05) is 11.6 Å². The number of fused-ring (bicyclic) bond motifs is 1. The lowest BCUT2D eigenvalue weighted by molar-refractivity contribution is 0.0526. The van der Waals surface area contributed by atoms with Crippen LogP contribution in [-0.2, 0) is 4.74 Å².